The van der Waals surface area contributed by atoms with Gasteiger partial charge in [0.2, 0.25) is 0 Å². The molecule has 1 heterocycles. The molecule has 15 heavy (non-hydrogen) atoms. The molecule has 3 nitrogen and oxygen atoms in total. The van der Waals surface area contributed by atoms with Crippen molar-refractivity contribution in [2.24, 2.45) is 0 Å². The summed E-state index contributed by atoms with van der Waals surface area (Å²) in [7, 11) is 2.02. The lowest BCUT2D eigenvalue weighted by Crippen LogP contribution is -2.34. The topological polar surface area (TPSA) is 37.0 Å². The molecular formula is C11H16ClN3. The monoisotopic (exact) mass is 225 g/mol. The number of rotatable bonds is 5. The number of hydrogen-bond donors (Lipinski definition) is 2. The van der Waals surface area contributed by atoms with E-state index < -0.39 is 0 Å². The Morgan fingerprint density at radius 1 is 1.47 bits per heavy atom. The van der Waals surface area contributed by atoms with Gasteiger partial charge in [0.25, 0.3) is 0 Å². The van der Waals surface area contributed by atoms with Crippen molar-refractivity contribution >= 4 is 17.3 Å². The minimum atomic E-state index is 0.325. The standard InChI is InChI=1S/C11H16ClN3/c1-13-11(4-5-11)8-15-10-3-2-9(6-12)14-7-10/h2-3,7,13,15H,4-6,8H2,1H3. The maximum absolute atomic E-state index is 5.67. The molecule has 0 aliphatic heterocycles. The first kappa shape index (κ1) is 10.7. The molecule has 1 aliphatic rings. The number of pyridine rings is 1. The number of halogens is 1. The van der Waals surface area contributed by atoms with Crippen LogP contribution in [0.5, 0.6) is 0 Å². The smallest absolute Gasteiger partial charge is 0.0647 e. The Morgan fingerprint density at radius 2 is 2.27 bits per heavy atom. The van der Waals surface area contributed by atoms with Crippen LogP contribution in [0.2, 0.25) is 0 Å². The molecule has 1 aromatic rings. The molecule has 0 unspecified atom stereocenters. The van der Waals surface area contributed by atoms with Crippen LogP contribution in [0.4, 0.5) is 5.69 Å². The fourth-order valence-electron chi connectivity index (χ4n) is 1.55. The summed E-state index contributed by atoms with van der Waals surface area (Å²) in [4.78, 5) is 4.23. The van der Waals surface area contributed by atoms with Gasteiger partial charge in [0.15, 0.2) is 0 Å². The minimum Gasteiger partial charge on any atom is -0.382 e. The van der Waals surface area contributed by atoms with Crippen molar-refractivity contribution in [3.63, 3.8) is 0 Å². The average molecular weight is 226 g/mol. The molecule has 0 atom stereocenters. The van der Waals surface area contributed by atoms with Gasteiger partial charge in [-0.2, -0.15) is 0 Å². The van der Waals surface area contributed by atoms with Crippen LogP contribution in [-0.4, -0.2) is 24.1 Å². The molecule has 1 fully saturated rings. The molecule has 1 saturated carbocycles. The molecule has 2 rings (SSSR count). The Bertz CT molecular complexity index is 319. The number of nitrogens with zero attached hydrogens (tertiary/aromatic N) is 1. The molecule has 0 saturated heterocycles. The predicted molar refractivity (Wildman–Crippen MR) is 63.3 cm³/mol. The van der Waals surface area contributed by atoms with Crippen LogP contribution in [0.1, 0.15) is 18.5 Å². The van der Waals surface area contributed by atoms with Crippen LogP contribution in [-0.2, 0) is 5.88 Å². The van der Waals surface area contributed by atoms with Crippen molar-refractivity contribution < 1.29 is 0 Å². The summed E-state index contributed by atoms with van der Waals surface area (Å²) in [6, 6.07) is 3.98. The van der Waals surface area contributed by atoms with Gasteiger partial charge in [-0.15, -0.1) is 11.6 Å². The largest absolute Gasteiger partial charge is 0.382 e. The highest BCUT2D eigenvalue weighted by Gasteiger charge is 2.40. The van der Waals surface area contributed by atoms with Gasteiger partial charge in [-0.25, -0.2) is 0 Å². The Kier molecular flexibility index (Phi) is 3.12. The zero-order chi connectivity index (χ0) is 10.7. The molecule has 1 aromatic heterocycles. The van der Waals surface area contributed by atoms with Crippen LogP contribution in [0, 0.1) is 0 Å². The molecule has 0 amide bonds. The van der Waals surface area contributed by atoms with E-state index >= 15 is 0 Å². The molecule has 82 valence electrons. The van der Waals surface area contributed by atoms with Crippen LogP contribution < -0.4 is 10.6 Å². The van der Waals surface area contributed by atoms with Crippen molar-refractivity contribution in [1.82, 2.24) is 10.3 Å². The summed E-state index contributed by atoms with van der Waals surface area (Å²) < 4.78 is 0. The van der Waals surface area contributed by atoms with E-state index in [1.807, 2.05) is 25.4 Å². The molecule has 0 spiro atoms. The summed E-state index contributed by atoms with van der Waals surface area (Å²) in [6.45, 7) is 0.964. The molecule has 0 aromatic carbocycles. The van der Waals surface area contributed by atoms with E-state index in [0.29, 0.717) is 11.4 Å². The predicted octanol–water partition coefficient (Wildman–Crippen LogP) is 1.98. The zero-order valence-corrected chi connectivity index (χ0v) is 9.64. The van der Waals surface area contributed by atoms with Crippen LogP contribution in [0.15, 0.2) is 18.3 Å². The first-order valence-electron chi connectivity index (χ1n) is 5.22. The third kappa shape index (κ3) is 2.61. The summed E-state index contributed by atoms with van der Waals surface area (Å²) in [5.41, 5.74) is 2.30. The lowest BCUT2D eigenvalue weighted by molar-refractivity contribution is 0.578. The molecule has 2 N–H and O–H groups in total. The maximum Gasteiger partial charge on any atom is 0.0647 e. The molecule has 4 heteroatoms. The quantitative estimate of drug-likeness (QED) is 0.753. The van der Waals surface area contributed by atoms with Gasteiger partial charge >= 0.3 is 0 Å². The van der Waals surface area contributed by atoms with E-state index in [1.165, 1.54) is 12.8 Å². The minimum absolute atomic E-state index is 0.325. The van der Waals surface area contributed by atoms with Gasteiger partial charge in [-0.05, 0) is 32.0 Å². The SMILES string of the molecule is CNC1(CNc2ccc(CCl)nc2)CC1. The van der Waals surface area contributed by atoms with E-state index in [1.54, 1.807) is 0 Å². The fraction of sp³-hybridized carbons (Fsp3) is 0.545. The van der Waals surface area contributed by atoms with E-state index in [-0.39, 0.29) is 0 Å². The van der Waals surface area contributed by atoms with Crippen molar-refractivity contribution in [3.05, 3.63) is 24.0 Å². The highest BCUT2D eigenvalue weighted by Crippen LogP contribution is 2.34. The Labute approximate surface area is 95.2 Å². The molecular weight excluding hydrogens is 210 g/mol. The zero-order valence-electron chi connectivity index (χ0n) is 8.89. The van der Waals surface area contributed by atoms with Gasteiger partial charge in [0.05, 0.1) is 23.5 Å². The van der Waals surface area contributed by atoms with Gasteiger partial charge in [0.1, 0.15) is 0 Å². The van der Waals surface area contributed by atoms with E-state index in [2.05, 4.69) is 15.6 Å². The summed E-state index contributed by atoms with van der Waals surface area (Å²) in [5.74, 6) is 0.473. The second kappa shape index (κ2) is 4.37. The van der Waals surface area contributed by atoms with Gasteiger partial charge in [-0.1, -0.05) is 0 Å². The molecule has 0 bridgehead atoms. The molecule has 0 radical (unpaired) electrons. The lowest BCUT2D eigenvalue weighted by Gasteiger charge is -2.15. The average Bonchev–Trinajstić information content (AvgIpc) is 3.08. The number of alkyl halides is 1. The number of hydrogen-bond acceptors (Lipinski definition) is 3. The van der Waals surface area contributed by atoms with Gasteiger partial charge in [-0.3, -0.25) is 4.98 Å². The highest BCUT2D eigenvalue weighted by atomic mass is 35.5. The third-order valence-electron chi connectivity index (χ3n) is 2.98. The lowest BCUT2D eigenvalue weighted by atomic mass is 10.2. The Hall–Kier alpha value is -0.800. The number of anilines is 1. The van der Waals surface area contributed by atoms with Gasteiger partial charge < -0.3 is 10.6 Å². The highest BCUT2D eigenvalue weighted by molar-refractivity contribution is 6.16. The van der Waals surface area contributed by atoms with Crippen LogP contribution >= 0.6 is 11.6 Å². The first-order chi connectivity index (χ1) is 7.28. The van der Waals surface area contributed by atoms with Crippen LogP contribution in [0.25, 0.3) is 0 Å². The van der Waals surface area contributed by atoms with Crippen molar-refractivity contribution in [1.29, 1.82) is 0 Å². The van der Waals surface area contributed by atoms with Crippen molar-refractivity contribution in [3.8, 4) is 0 Å². The number of aromatic nitrogens is 1. The number of likely N-dealkylation sites (N-methyl/N-ethyl adjacent to an activating group) is 1. The Balaban J connectivity index is 1.88. The summed E-state index contributed by atoms with van der Waals surface area (Å²) in [5, 5.41) is 6.72. The maximum atomic E-state index is 5.67. The Morgan fingerprint density at radius 3 is 2.73 bits per heavy atom. The normalized spacial score (nSPS) is 17.5. The van der Waals surface area contributed by atoms with E-state index in [0.717, 1.165) is 17.9 Å². The van der Waals surface area contributed by atoms with E-state index in [4.69, 9.17) is 11.6 Å². The second-order valence-electron chi connectivity index (χ2n) is 4.06. The fourth-order valence-corrected chi connectivity index (χ4v) is 1.70. The van der Waals surface area contributed by atoms with Crippen molar-refractivity contribution in [2.45, 2.75) is 24.3 Å². The van der Waals surface area contributed by atoms with E-state index in [9.17, 15) is 0 Å². The first-order valence-corrected chi connectivity index (χ1v) is 5.75. The van der Waals surface area contributed by atoms with Crippen molar-refractivity contribution in [2.75, 3.05) is 18.9 Å². The summed E-state index contributed by atoms with van der Waals surface area (Å²) in [6.07, 6.45) is 4.34. The molecule has 1 aliphatic carbocycles. The third-order valence-corrected chi connectivity index (χ3v) is 3.25. The van der Waals surface area contributed by atoms with Gasteiger partial charge in [0, 0.05) is 12.1 Å². The van der Waals surface area contributed by atoms with Crippen LogP contribution in [0.3, 0.4) is 0 Å². The number of nitrogens with one attached hydrogen (secondary N) is 2. The second-order valence-corrected chi connectivity index (χ2v) is 4.32. The summed E-state index contributed by atoms with van der Waals surface area (Å²) >= 11 is 5.67.